The fourth-order valence-corrected chi connectivity index (χ4v) is 1.83. The van der Waals surface area contributed by atoms with E-state index in [-0.39, 0.29) is 5.76 Å². The van der Waals surface area contributed by atoms with Crippen LogP contribution < -0.4 is 10.5 Å². The van der Waals surface area contributed by atoms with Crippen LogP contribution in [-0.4, -0.2) is 19.7 Å². The lowest BCUT2D eigenvalue weighted by Crippen LogP contribution is -2.11. The lowest BCUT2D eigenvalue weighted by atomic mass is 10.1. The number of esters is 1. The predicted molar refractivity (Wildman–Crippen MR) is 73.7 cm³/mol. The number of hydrogen-bond acceptors (Lipinski definition) is 5. The van der Waals surface area contributed by atoms with Gasteiger partial charge in [-0.25, -0.2) is 4.79 Å². The molecular formula is C15H17NO4. The third-order valence-electron chi connectivity index (χ3n) is 2.87. The van der Waals surface area contributed by atoms with Gasteiger partial charge in [0, 0.05) is 0 Å². The first-order valence-electron chi connectivity index (χ1n) is 6.32. The van der Waals surface area contributed by atoms with Crippen LogP contribution in [0, 0.1) is 0 Å². The maximum absolute atomic E-state index is 11.3. The molecule has 0 amide bonds. The highest BCUT2D eigenvalue weighted by Gasteiger charge is 2.17. The van der Waals surface area contributed by atoms with Crippen molar-refractivity contribution in [3.63, 3.8) is 0 Å². The summed E-state index contributed by atoms with van der Waals surface area (Å²) in [6.45, 7) is 2.54. The number of methoxy groups -OCH3 is 1. The number of rotatable bonds is 5. The molecule has 2 aromatic rings. The summed E-state index contributed by atoms with van der Waals surface area (Å²) in [5.74, 6) is 0.923. The van der Waals surface area contributed by atoms with Crippen LogP contribution in [0.5, 0.6) is 5.75 Å². The summed E-state index contributed by atoms with van der Waals surface area (Å²) < 4.78 is 15.4. The number of nitrogens with two attached hydrogens (primary N) is 1. The van der Waals surface area contributed by atoms with Crippen molar-refractivity contribution in [2.75, 3.05) is 13.7 Å². The fraction of sp³-hybridized carbons (Fsp3) is 0.267. The minimum absolute atomic E-state index is 0.142. The Bertz CT molecular complexity index is 574. The Labute approximate surface area is 117 Å². The summed E-state index contributed by atoms with van der Waals surface area (Å²) in [5.41, 5.74) is 6.98. The van der Waals surface area contributed by atoms with Gasteiger partial charge in [0.1, 0.15) is 11.5 Å². The lowest BCUT2D eigenvalue weighted by Gasteiger charge is -2.10. The molecule has 1 heterocycles. The second-order valence-corrected chi connectivity index (χ2v) is 4.17. The summed E-state index contributed by atoms with van der Waals surface area (Å²) in [5, 5.41) is 0. The smallest absolute Gasteiger partial charge is 0.373 e. The average molecular weight is 275 g/mol. The van der Waals surface area contributed by atoms with Gasteiger partial charge in [-0.1, -0.05) is 12.1 Å². The Kier molecular flexibility index (Phi) is 4.42. The highest BCUT2D eigenvalue weighted by molar-refractivity contribution is 5.86. The first kappa shape index (κ1) is 14.1. The van der Waals surface area contributed by atoms with Crippen molar-refractivity contribution in [2.24, 2.45) is 5.73 Å². The molecule has 1 atom stereocenters. The van der Waals surface area contributed by atoms with Crippen LogP contribution in [0.3, 0.4) is 0 Å². The van der Waals surface area contributed by atoms with E-state index in [1.54, 1.807) is 12.1 Å². The molecular weight excluding hydrogens is 258 g/mol. The van der Waals surface area contributed by atoms with Crippen molar-refractivity contribution in [1.29, 1.82) is 0 Å². The quantitative estimate of drug-likeness (QED) is 0.849. The monoisotopic (exact) mass is 275 g/mol. The van der Waals surface area contributed by atoms with Crippen LogP contribution in [0.25, 0.3) is 0 Å². The van der Waals surface area contributed by atoms with Crippen molar-refractivity contribution in [3.05, 3.63) is 53.5 Å². The van der Waals surface area contributed by atoms with E-state index < -0.39 is 12.0 Å². The van der Waals surface area contributed by atoms with Gasteiger partial charge in [0.2, 0.25) is 5.76 Å². The van der Waals surface area contributed by atoms with E-state index in [0.717, 1.165) is 11.3 Å². The molecule has 2 rings (SSSR count). The van der Waals surface area contributed by atoms with E-state index in [4.69, 9.17) is 14.9 Å². The highest BCUT2D eigenvalue weighted by Crippen LogP contribution is 2.24. The Morgan fingerprint density at radius 3 is 2.55 bits per heavy atom. The molecule has 1 unspecified atom stereocenters. The van der Waals surface area contributed by atoms with Crippen molar-refractivity contribution < 1.29 is 18.7 Å². The second-order valence-electron chi connectivity index (χ2n) is 4.17. The zero-order valence-corrected chi connectivity index (χ0v) is 11.5. The maximum Gasteiger partial charge on any atom is 0.373 e. The van der Waals surface area contributed by atoms with Gasteiger partial charge in [0.25, 0.3) is 0 Å². The molecule has 20 heavy (non-hydrogen) atoms. The van der Waals surface area contributed by atoms with Crippen LogP contribution in [-0.2, 0) is 4.74 Å². The first-order valence-corrected chi connectivity index (χ1v) is 6.32. The summed E-state index contributed by atoms with van der Waals surface area (Å²) in [4.78, 5) is 11.3. The van der Waals surface area contributed by atoms with Gasteiger partial charge >= 0.3 is 5.97 Å². The molecule has 0 bridgehead atoms. The molecule has 0 aliphatic carbocycles. The molecule has 0 saturated carbocycles. The second kappa shape index (κ2) is 6.25. The number of benzene rings is 1. The van der Waals surface area contributed by atoms with Crippen LogP contribution in [0.1, 0.15) is 34.8 Å². The van der Waals surface area contributed by atoms with E-state index in [0.29, 0.717) is 12.4 Å². The molecule has 0 radical (unpaired) electrons. The zero-order chi connectivity index (χ0) is 14.5. The molecule has 5 heteroatoms. The Balaban J connectivity index is 2.15. The van der Waals surface area contributed by atoms with Crippen LogP contribution in [0.15, 0.2) is 40.8 Å². The van der Waals surface area contributed by atoms with Gasteiger partial charge in [0.15, 0.2) is 0 Å². The topological polar surface area (TPSA) is 74.7 Å². The summed E-state index contributed by atoms with van der Waals surface area (Å²) in [6, 6.07) is 10.2. The van der Waals surface area contributed by atoms with Crippen LogP contribution in [0.4, 0.5) is 0 Å². The normalized spacial score (nSPS) is 11.9. The van der Waals surface area contributed by atoms with Crippen LogP contribution >= 0.6 is 0 Å². The number of carbonyl (C=O) groups excluding carboxylic acids is 1. The lowest BCUT2D eigenvalue weighted by molar-refractivity contribution is 0.0562. The van der Waals surface area contributed by atoms with Gasteiger partial charge in [0.05, 0.1) is 19.8 Å². The van der Waals surface area contributed by atoms with Crippen molar-refractivity contribution >= 4 is 5.97 Å². The predicted octanol–water partition coefficient (Wildman–Crippen LogP) is 2.51. The van der Waals surface area contributed by atoms with Crippen LogP contribution in [0.2, 0.25) is 0 Å². The average Bonchev–Trinajstić information content (AvgIpc) is 2.96. The third kappa shape index (κ3) is 3.00. The summed E-state index contributed by atoms with van der Waals surface area (Å²) >= 11 is 0. The Morgan fingerprint density at radius 1 is 1.25 bits per heavy atom. The molecule has 0 saturated heterocycles. The summed E-state index contributed by atoms with van der Waals surface area (Å²) in [6.07, 6.45) is 0. The van der Waals surface area contributed by atoms with Gasteiger partial charge in [-0.2, -0.15) is 0 Å². The minimum atomic E-state index is -0.518. The van der Waals surface area contributed by atoms with E-state index in [9.17, 15) is 4.79 Å². The molecule has 106 valence electrons. The molecule has 1 aromatic heterocycles. The highest BCUT2D eigenvalue weighted by atomic mass is 16.5. The SMILES string of the molecule is CCOc1ccc(C(N)c2ccc(C(=O)OC)o2)cc1. The largest absolute Gasteiger partial charge is 0.494 e. The fourth-order valence-electron chi connectivity index (χ4n) is 1.83. The molecule has 0 aliphatic rings. The van der Waals surface area contributed by atoms with E-state index in [1.165, 1.54) is 7.11 Å². The third-order valence-corrected chi connectivity index (χ3v) is 2.87. The number of carbonyl (C=O) groups is 1. The van der Waals surface area contributed by atoms with Crippen molar-refractivity contribution in [1.82, 2.24) is 0 Å². The maximum atomic E-state index is 11.3. The van der Waals surface area contributed by atoms with Crippen molar-refractivity contribution in [2.45, 2.75) is 13.0 Å². The Morgan fingerprint density at radius 2 is 1.95 bits per heavy atom. The van der Waals surface area contributed by atoms with Gasteiger partial charge < -0.3 is 19.6 Å². The molecule has 0 aliphatic heterocycles. The molecule has 1 aromatic carbocycles. The molecule has 0 spiro atoms. The van der Waals surface area contributed by atoms with E-state index in [1.807, 2.05) is 31.2 Å². The number of ether oxygens (including phenoxy) is 2. The first-order chi connectivity index (χ1) is 9.65. The van der Waals surface area contributed by atoms with Gasteiger partial charge in [-0.05, 0) is 36.8 Å². The van der Waals surface area contributed by atoms with Crippen molar-refractivity contribution in [3.8, 4) is 5.75 Å². The van der Waals surface area contributed by atoms with E-state index >= 15 is 0 Å². The Hall–Kier alpha value is -2.27. The van der Waals surface area contributed by atoms with Gasteiger partial charge in [-0.15, -0.1) is 0 Å². The molecule has 2 N–H and O–H groups in total. The minimum Gasteiger partial charge on any atom is -0.494 e. The number of hydrogen-bond donors (Lipinski definition) is 1. The summed E-state index contributed by atoms with van der Waals surface area (Å²) in [7, 11) is 1.30. The molecule has 0 fully saturated rings. The zero-order valence-electron chi connectivity index (χ0n) is 11.5. The van der Waals surface area contributed by atoms with Gasteiger partial charge in [-0.3, -0.25) is 0 Å². The number of furan rings is 1. The standard InChI is InChI=1S/C15H17NO4/c1-3-19-11-6-4-10(5-7-11)14(16)12-8-9-13(20-12)15(17)18-2/h4-9,14H,3,16H2,1-2H3. The van der Waals surface area contributed by atoms with E-state index in [2.05, 4.69) is 4.74 Å². The molecule has 5 nitrogen and oxygen atoms in total.